The largest absolute Gasteiger partial charge is 0.481 e. The first-order valence-corrected chi connectivity index (χ1v) is 34.9. The van der Waals surface area contributed by atoms with Crippen LogP contribution in [0.3, 0.4) is 0 Å². The van der Waals surface area contributed by atoms with Crippen LogP contribution in [0.5, 0.6) is 0 Å². The number of aryl methyl sites for hydroxylation is 5. The van der Waals surface area contributed by atoms with Gasteiger partial charge in [-0.1, -0.05) is 61.5 Å². The van der Waals surface area contributed by atoms with Gasteiger partial charge in [0, 0.05) is 131 Å². The molecule has 99 heavy (non-hydrogen) atoms. The van der Waals surface area contributed by atoms with E-state index in [1.54, 1.807) is 18.6 Å². The highest BCUT2D eigenvalue weighted by molar-refractivity contribution is 5.66. The maximum Gasteiger partial charge on any atom is 0.303 e. The summed E-state index contributed by atoms with van der Waals surface area (Å²) in [6, 6.07) is 42.7. The Bertz CT molecular complexity index is 3960. The van der Waals surface area contributed by atoms with Crippen molar-refractivity contribution in [3.8, 4) is 33.8 Å². The first-order valence-electron chi connectivity index (χ1n) is 34.9. The lowest BCUT2D eigenvalue weighted by molar-refractivity contribution is -0.137. The second kappa shape index (κ2) is 38.0. The molecule has 3 aliphatic rings. The van der Waals surface area contributed by atoms with Gasteiger partial charge >= 0.3 is 5.97 Å². The Hall–Kier alpha value is -8.79. The molecular formula is C79H90F6N12O2. The number of carboxylic acids is 1. The third-order valence-corrected chi connectivity index (χ3v) is 18.2. The standard InChI is InChI=1S/C27H30F2N4O2.C26H31F2N5.C26H29F2N3/c28-22-14-19(15-23(29)16-22)3-2-6-26-31-10-9-25(32-26)21-5-1-4-20(13-21)17-33-12-11-30-24(18-33)7-8-27(34)35;1-2-33(18-24-7-4-10-29-24)17-20-5-3-6-21(13-20)25-9-12-31-26(32-25)30-11-8-19-14-22(27)16-23(28)15-19;27-23-16-21(17-24(28)18-23)4-2-6-26-30-14-11-25(31-26)22-5-1-3-20(15-22)8-7-19-9-12-29-13-10-19/h1,4-5,9-10,13-16,24,30H,2-3,6-8,11-12,17-18H2,(H,34,35);3,5-6,9,12-16,24,29H,2,4,7-8,10-11,17-18H2,1H3,(H,30,31,32);1,3,5,11,14-19,29H,2,4,6-10,12-13H2/t;24-;/m.1./s1. The molecular weight excluding hydrogens is 1260 g/mol. The van der Waals surface area contributed by atoms with Crippen molar-refractivity contribution in [3.63, 3.8) is 0 Å². The Morgan fingerprint density at radius 2 is 1.05 bits per heavy atom. The van der Waals surface area contributed by atoms with E-state index in [0.717, 1.165) is 142 Å². The van der Waals surface area contributed by atoms with Gasteiger partial charge in [-0.15, -0.1) is 0 Å². The van der Waals surface area contributed by atoms with Gasteiger partial charge in [0.2, 0.25) is 5.95 Å². The van der Waals surface area contributed by atoms with E-state index in [9.17, 15) is 31.1 Å². The Balaban J connectivity index is 0.000000161. The molecule has 6 aromatic carbocycles. The number of carboxylic acid groups (broad SMARTS) is 1. The van der Waals surface area contributed by atoms with E-state index in [2.05, 4.69) is 119 Å². The van der Waals surface area contributed by atoms with Crippen LogP contribution in [0.4, 0.5) is 32.3 Å². The van der Waals surface area contributed by atoms with Crippen LogP contribution < -0.4 is 21.3 Å². The summed E-state index contributed by atoms with van der Waals surface area (Å²) < 4.78 is 80.2. The van der Waals surface area contributed by atoms with Crippen molar-refractivity contribution >= 4 is 11.9 Å². The predicted octanol–water partition coefficient (Wildman–Crippen LogP) is 14.4. The van der Waals surface area contributed by atoms with Crippen LogP contribution in [0.1, 0.15) is 110 Å². The monoisotopic (exact) mass is 1350 g/mol. The normalized spacial score (nSPS) is 15.6. The quantitative estimate of drug-likeness (QED) is 0.0294. The van der Waals surface area contributed by atoms with Crippen LogP contribution >= 0.6 is 0 Å². The number of likely N-dealkylation sites (N-methyl/N-ethyl adjacent to an activating group) is 1. The van der Waals surface area contributed by atoms with E-state index in [0.29, 0.717) is 86.0 Å². The summed E-state index contributed by atoms with van der Waals surface area (Å²) >= 11 is 0. The van der Waals surface area contributed by atoms with Crippen molar-refractivity contribution in [2.45, 2.75) is 128 Å². The maximum atomic E-state index is 13.4. The number of anilines is 1. The van der Waals surface area contributed by atoms with Gasteiger partial charge in [-0.3, -0.25) is 14.6 Å². The highest BCUT2D eigenvalue weighted by Crippen LogP contribution is 2.26. The van der Waals surface area contributed by atoms with Crippen LogP contribution in [0.25, 0.3) is 33.8 Å². The number of piperidine rings is 1. The first-order chi connectivity index (χ1) is 48.2. The van der Waals surface area contributed by atoms with Crippen molar-refractivity contribution in [3.05, 3.63) is 244 Å². The molecule has 0 amide bonds. The molecule has 3 fully saturated rings. The zero-order valence-corrected chi connectivity index (χ0v) is 56.4. The summed E-state index contributed by atoms with van der Waals surface area (Å²) in [5.74, 6) is -1.30. The van der Waals surface area contributed by atoms with Crippen LogP contribution in [0, 0.1) is 40.8 Å². The zero-order chi connectivity index (χ0) is 69.1. The average Bonchev–Trinajstić information content (AvgIpc) is 1.31. The van der Waals surface area contributed by atoms with Gasteiger partial charge in [0.05, 0.1) is 17.1 Å². The molecule has 3 aliphatic heterocycles. The molecule has 5 N–H and O–H groups in total. The smallest absolute Gasteiger partial charge is 0.303 e. The van der Waals surface area contributed by atoms with E-state index in [4.69, 9.17) is 15.1 Å². The third kappa shape index (κ3) is 24.6. The number of benzene rings is 6. The number of nitrogens with zero attached hydrogens (tertiary/aromatic N) is 8. The molecule has 2 atom stereocenters. The van der Waals surface area contributed by atoms with Gasteiger partial charge in [-0.2, -0.15) is 0 Å². The van der Waals surface area contributed by atoms with Gasteiger partial charge in [0.1, 0.15) is 46.6 Å². The number of halogens is 6. The molecule has 9 aromatic rings. The second-order valence-electron chi connectivity index (χ2n) is 26.0. The van der Waals surface area contributed by atoms with E-state index in [1.165, 1.54) is 85.2 Å². The zero-order valence-electron chi connectivity index (χ0n) is 56.4. The Labute approximate surface area is 577 Å². The molecule has 20 heteroatoms. The highest BCUT2D eigenvalue weighted by atomic mass is 19.2. The summed E-state index contributed by atoms with van der Waals surface area (Å²) in [6.45, 7) is 12.5. The summed E-state index contributed by atoms with van der Waals surface area (Å²) in [5.41, 5.74) is 11.4. The van der Waals surface area contributed by atoms with Crippen molar-refractivity contribution in [1.82, 2.24) is 55.7 Å². The number of piperazine rings is 1. The molecule has 14 nitrogen and oxygen atoms in total. The van der Waals surface area contributed by atoms with Gasteiger partial charge in [-0.05, 0) is 215 Å². The summed E-state index contributed by atoms with van der Waals surface area (Å²) in [7, 11) is 0. The number of aliphatic carboxylic acids is 1. The lowest BCUT2D eigenvalue weighted by atomic mass is 9.91. The van der Waals surface area contributed by atoms with Crippen LogP contribution in [0.2, 0.25) is 0 Å². The molecule has 6 heterocycles. The average molecular weight is 1350 g/mol. The Morgan fingerprint density at radius 3 is 1.61 bits per heavy atom. The first kappa shape index (κ1) is 72.9. The van der Waals surface area contributed by atoms with Crippen molar-refractivity contribution in [2.24, 2.45) is 5.92 Å². The van der Waals surface area contributed by atoms with E-state index < -0.39 is 40.9 Å². The highest BCUT2D eigenvalue weighted by Gasteiger charge is 2.22. The lowest BCUT2D eigenvalue weighted by Crippen LogP contribution is -2.50. The summed E-state index contributed by atoms with van der Waals surface area (Å²) in [4.78, 5) is 42.8. The minimum Gasteiger partial charge on any atom is -0.481 e. The third-order valence-electron chi connectivity index (χ3n) is 18.2. The molecule has 520 valence electrons. The van der Waals surface area contributed by atoms with E-state index >= 15 is 0 Å². The van der Waals surface area contributed by atoms with Crippen LogP contribution in [0.15, 0.2) is 164 Å². The SMILES string of the molecule is CCN(Cc1cccc(-c2ccnc(NCCc3cc(F)cc(F)c3)n2)c1)C[C@H]1CCCN1.Fc1cc(F)cc(CCCc2nccc(-c3cccc(CCC4CCNCC4)c3)n2)c1.O=C(O)CCC1CN(Cc2cccc(-c3ccnc(CCCc4cc(F)cc(F)c4)n3)c2)CCN1. The number of hydrogen-bond acceptors (Lipinski definition) is 13. The molecule has 0 aliphatic carbocycles. The van der Waals surface area contributed by atoms with E-state index in [-0.39, 0.29) is 12.5 Å². The van der Waals surface area contributed by atoms with Crippen molar-refractivity contribution in [2.75, 3.05) is 64.2 Å². The van der Waals surface area contributed by atoms with Crippen LogP contribution in [-0.2, 0) is 56.4 Å². The molecule has 0 spiro atoms. The number of carbonyl (C=O) groups is 1. The molecule has 0 radical (unpaired) electrons. The molecule has 3 saturated heterocycles. The summed E-state index contributed by atoms with van der Waals surface area (Å²) in [6.07, 6.45) is 17.8. The second-order valence-corrected chi connectivity index (χ2v) is 26.0. The van der Waals surface area contributed by atoms with Gasteiger partial charge in [-0.25, -0.2) is 56.2 Å². The molecule has 0 bridgehead atoms. The van der Waals surface area contributed by atoms with Gasteiger partial charge in [0.15, 0.2) is 0 Å². The molecule has 1 unspecified atom stereocenters. The van der Waals surface area contributed by atoms with Gasteiger partial charge < -0.3 is 26.4 Å². The maximum absolute atomic E-state index is 13.4. The minimum absolute atomic E-state index is 0.177. The fourth-order valence-electron chi connectivity index (χ4n) is 13.1. The minimum atomic E-state index is -0.760. The summed E-state index contributed by atoms with van der Waals surface area (Å²) in [5, 5.41) is 22.5. The fraction of sp³-hybridized carbons (Fsp3) is 0.380. The molecule has 0 saturated carbocycles. The van der Waals surface area contributed by atoms with Crippen molar-refractivity contribution in [1.29, 1.82) is 0 Å². The van der Waals surface area contributed by atoms with E-state index in [1.807, 2.05) is 30.3 Å². The number of nitrogens with one attached hydrogen (secondary N) is 4. The van der Waals surface area contributed by atoms with Crippen LogP contribution in [-0.4, -0.2) is 122 Å². The van der Waals surface area contributed by atoms with Gasteiger partial charge in [0.25, 0.3) is 0 Å². The Kier molecular flexibility index (Phi) is 28.0. The number of aromatic nitrogens is 6. The molecule has 12 rings (SSSR count). The predicted molar refractivity (Wildman–Crippen MR) is 378 cm³/mol. The number of rotatable bonds is 28. The Morgan fingerprint density at radius 1 is 0.535 bits per heavy atom. The van der Waals surface area contributed by atoms with Crippen molar-refractivity contribution < 1.29 is 36.2 Å². The fourth-order valence-corrected chi connectivity index (χ4v) is 13.1. The molecule has 3 aromatic heterocycles. The topological polar surface area (TPSA) is 169 Å². The number of hydrogen-bond donors (Lipinski definition) is 5. The lowest BCUT2D eigenvalue weighted by Gasteiger charge is -2.33.